The van der Waals surface area contributed by atoms with Crippen molar-refractivity contribution >= 4 is 28.5 Å². The van der Waals surface area contributed by atoms with Gasteiger partial charge in [-0.15, -0.1) is 0 Å². The van der Waals surface area contributed by atoms with Crippen molar-refractivity contribution in [3.63, 3.8) is 0 Å². The van der Waals surface area contributed by atoms with Crippen molar-refractivity contribution in [2.45, 2.75) is 32.6 Å². The highest BCUT2D eigenvalue weighted by molar-refractivity contribution is 6.31. The minimum absolute atomic E-state index is 0.0676. The first-order chi connectivity index (χ1) is 12.0. The Morgan fingerprint density at radius 1 is 1.36 bits per heavy atom. The lowest BCUT2D eigenvalue weighted by molar-refractivity contribution is 0.0665. The van der Waals surface area contributed by atoms with Crippen molar-refractivity contribution in [3.05, 3.63) is 46.3 Å². The zero-order valence-corrected chi connectivity index (χ0v) is 14.8. The summed E-state index contributed by atoms with van der Waals surface area (Å²) in [4.78, 5) is 19.1. The molecule has 0 N–H and O–H groups in total. The van der Waals surface area contributed by atoms with E-state index in [1.807, 2.05) is 13.0 Å². The molecule has 1 aliphatic heterocycles. The number of furan rings is 1. The normalized spacial score (nSPS) is 18.0. The minimum Gasteiger partial charge on any atom is -0.451 e. The summed E-state index contributed by atoms with van der Waals surface area (Å²) in [5.41, 5.74) is 1.49. The molecule has 0 aliphatic carbocycles. The second kappa shape index (κ2) is 6.19. The van der Waals surface area contributed by atoms with E-state index in [4.69, 9.17) is 20.5 Å². The van der Waals surface area contributed by atoms with Crippen LogP contribution in [0.25, 0.3) is 11.0 Å². The molecule has 1 saturated heterocycles. The molecule has 1 aromatic carbocycles. The summed E-state index contributed by atoms with van der Waals surface area (Å²) in [6.07, 6.45) is 1.82. The average molecular weight is 360 g/mol. The van der Waals surface area contributed by atoms with Crippen LogP contribution in [0.15, 0.2) is 27.1 Å². The van der Waals surface area contributed by atoms with Gasteiger partial charge in [-0.1, -0.05) is 16.8 Å². The predicted octanol–water partition coefficient (Wildman–Crippen LogP) is 4.11. The van der Waals surface area contributed by atoms with Gasteiger partial charge in [0.15, 0.2) is 11.6 Å². The molecule has 130 valence electrons. The van der Waals surface area contributed by atoms with E-state index in [9.17, 15) is 4.79 Å². The summed E-state index contributed by atoms with van der Waals surface area (Å²) >= 11 is 6.06. The molecule has 0 radical (unpaired) electrons. The number of aryl methyl sites for hydroxylation is 2. The van der Waals surface area contributed by atoms with Gasteiger partial charge in [-0.05, 0) is 44.9 Å². The summed E-state index contributed by atoms with van der Waals surface area (Å²) in [5, 5.41) is 5.35. The molecule has 4 rings (SSSR count). The Labute approximate surface area is 149 Å². The first-order valence-electron chi connectivity index (χ1n) is 8.31. The fraction of sp³-hybridized carbons (Fsp3) is 0.389. The highest BCUT2D eigenvalue weighted by Gasteiger charge is 2.31. The first kappa shape index (κ1) is 16.1. The van der Waals surface area contributed by atoms with Crippen molar-refractivity contribution in [2.24, 2.45) is 0 Å². The van der Waals surface area contributed by atoms with Crippen LogP contribution in [0.1, 0.15) is 46.6 Å². The Bertz CT molecular complexity index is 946. The van der Waals surface area contributed by atoms with Crippen LogP contribution in [0.5, 0.6) is 0 Å². The molecule has 1 aliphatic rings. The largest absolute Gasteiger partial charge is 0.451 e. The molecule has 6 nitrogen and oxygen atoms in total. The van der Waals surface area contributed by atoms with Crippen molar-refractivity contribution < 1.29 is 13.7 Å². The molecule has 1 atom stereocenters. The number of amides is 1. The van der Waals surface area contributed by atoms with Crippen molar-refractivity contribution in [2.75, 3.05) is 13.1 Å². The quantitative estimate of drug-likeness (QED) is 0.688. The van der Waals surface area contributed by atoms with Crippen LogP contribution in [-0.4, -0.2) is 34.0 Å². The van der Waals surface area contributed by atoms with E-state index in [2.05, 4.69) is 10.1 Å². The Morgan fingerprint density at radius 2 is 2.20 bits per heavy atom. The van der Waals surface area contributed by atoms with Gasteiger partial charge in [0.05, 0.1) is 5.92 Å². The van der Waals surface area contributed by atoms with Crippen LogP contribution in [-0.2, 0) is 0 Å². The second-order valence-corrected chi connectivity index (χ2v) is 6.90. The fourth-order valence-electron chi connectivity index (χ4n) is 3.38. The van der Waals surface area contributed by atoms with Gasteiger partial charge in [0.25, 0.3) is 5.91 Å². The summed E-state index contributed by atoms with van der Waals surface area (Å²) in [6.45, 7) is 4.93. The van der Waals surface area contributed by atoms with Gasteiger partial charge in [0.2, 0.25) is 5.89 Å². The predicted molar refractivity (Wildman–Crippen MR) is 92.9 cm³/mol. The van der Waals surface area contributed by atoms with Gasteiger partial charge < -0.3 is 13.8 Å². The number of carbonyl (C=O) groups excluding carboxylic acids is 1. The Balaban J connectivity index is 1.61. The topological polar surface area (TPSA) is 72.4 Å². The number of halogens is 1. The SMILES string of the molecule is Cc1noc(C2CCCN(C(=O)c3oc4ccc(Cl)cc4c3C)C2)n1. The van der Waals surface area contributed by atoms with Gasteiger partial charge in [-0.2, -0.15) is 4.98 Å². The first-order valence-corrected chi connectivity index (χ1v) is 8.69. The third-order valence-corrected chi connectivity index (χ3v) is 4.93. The number of rotatable bonds is 2. The van der Waals surface area contributed by atoms with Crippen molar-refractivity contribution in [3.8, 4) is 0 Å². The lowest BCUT2D eigenvalue weighted by atomic mass is 9.97. The van der Waals surface area contributed by atoms with Crippen LogP contribution in [0.3, 0.4) is 0 Å². The maximum absolute atomic E-state index is 13.0. The fourth-order valence-corrected chi connectivity index (χ4v) is 3.55. The second-order valence-electron chi connectivity index (χ2n) is 6.47. The number of carbonyl (C=O) groups is 1. The molecule has 3 heterocycles. The number of hydrogen-bond donors (Lipinski definition) is 0. The number of piperidine rings is 1. The van der Waals surface area contributed by atoms with Crippen LogP contribution < -0.4 is 0 Å². The molecular weight excluding hydrogens is 342 g/mol. The van der Waals surface area contributed by atoms with Crippen LogP contribution in [0.4, 0.5) is 0 Å². The Hall–Kier alpha value is -2.34. The highest BCUT2D eigenvalue weighted by atomic mass is 35.5. The molecular formula is C18H18ClN3O3. The average Bonchev–Trinajstić information content (AvgIpc) is 3.19. The molecule has 2 aromatic heterocycles. The zero-order chi connectivity index (χ0) is 17.6. The smallest absolute Gasteiger partial charge is 0.289 e. The standard InChI is InChI=1S/C18H18ClN3O3/c1-10-14-8-13(19)5-6-15(14)24-16(10)18(23)22-7-3-4-12(9-22)17-20-11(2)21-25-17/h5-6,8,12H,3-4,7,9H2,1-2H3. The van der Waals surface area contributed by atoms with E-state index in [0.717, 1.165) is 23.8 Å². The monoisotopic (exact) mass is 359 g/mol. The third kappa shape index (κ3) is 2.91. The lowest BCUT2D eigenvalue weighted by Crippen LogP contribution is -2.39. The van der Waals surface area contributed by atoms with Gasteiger partial charge >= 0.3 is 0 Å². The number of likely N-dealkylation sites (tertiary alicyclic amines) is 1. The molecule has 0 spiro atoms. The zero-order valence-electron chi connectivity index (χ0n) is 14.1. The van der Waals surface area contributed by atoms with Crippen LogP contribution >= 0.6 is 11.6 Å². The maximum Gasteiger partial charge on any atom is 0.289 e. The lowest BCUT2D eigenvalue weighted by Gasteiger charge is -2.30. The molecule has 25 heavy (non-hydrogen) atoms. The molecule has 3 aromatic rings. The number of hydrogen-bond acceptors (Lipinski definition) is 5. The molecule has 1 unspecified atom stereocenters. The van der Waals surface area contributed by atoms with E-state index in [1.165, 1.54) is 0 Å². The summed E-state index contributed by atoms with van der Waals surface area (Å²) in [5.74, 6) is 1.55. The number of aromatic nitrogens is 2. The minimum atomic E-state index is -0.106. The van der Waals surface area contributed by atoms with Gasteiger partial charge in [-0.3, -0.25) is 4.79 Å². The van der Waals surface area contributed by atoms with E-state index < -0.39 is 0 Å². The van der Waals surface area contributed by atoms with Crippen LogP contribution in [0, 0.1) is 13.8 Å². The summed E-state index contributed by atoms with van der Waals surface area (Å²) in [6, 6.07) is 5.38. The number of fused-ring (bicyclic) bond motifs is 1. The van der Waals surface area contributed by atoms with E-state index >= 15 is 0 Å². The summed E-state index contributed by atoms with van der Waals surface area (Å²) in [7, 11) is 0. The van der Waals surface area contributed by atoms with Gasteiger partial charge in [0, 0.05) is 29.1 Å². The Morgan fingerprint density at radius 3 is 2.96 bits per heavy atom. The van der Waals surface area contributed by atoms with Crippen molar-refractivity contribution in [1.29, 1.82) is 0 Å². The van der Waals surface area contributed by atoms with Gasteiger partial charge in [-0.25, -0.2) is 0 Å². The van der Waals surface area contributed by atoms with E-state index in [0.29, 0.717) is 41.2 Å². The highest BCUT2D eigenvalue weighted by Crippen LogP contribution is 2.31. The number of nitrogens with zero attached hydrogens (tertiary/aromatic N) is 3. The van der Waals surface area contributed by atoms with Crippen LogP contribution in [0.2, 0.25) is 5.02 Å². The molecule has 7 heteroatoms. The molecule has 1 amide bonds. The summed E-state index contributed by atoms with van der Waals surface area (Å²) < 4.78 is 11.1. The van der Waals surface area contributed by atoms with E-state index in [1.54, 1.807) is 24.0 Å². The molecule has 1 fully saturated rings. The van der Waals surface area contributed by atoms with Gasteiger partial charge in [0.1, 0.15) is 5.58 Å². The molecule has 0 saturated carbocycles. The molecule has 0 bridgehead atoms. The Kier molecular flexibility index (Phi) is 4.00. The maximum atomic E-state index is 13.0. The van der Waals surface area contributed by atoms with E-state index in [-0.39, 0.29) is 11.8 Å². The van der Waals surface area contributed by atoms with Crippen molar-refractivity contribution in [1.82, 2.24) is 15.0 Å². The third-order valence-electron chi connectivity index (χ3n) is 4.69. The number of benzene rings is 1.